The standard InChI is InChI=1S/C25H23N3O5/c1-17-6-5-7-20(14-17)31-16-24-27-25(28-33-24)21-8-3-4-9-22(21)32-15-23(29)26-18-10-12-19(30-2)13-11-18/h3-14H,15-16H2,1-2H3,(H,26,29). The van der Waals surface area contributed by atoms with E-state index in [0.717, 1.165) is 11.3 Å². The fraction of sp³-hybridized carbons (Fsp3) is 0.160. The van der Waals surface area contributed by atoms with Crippen LogP contribution in [0.15, 0.2) is 77.3 Å². The van der Waals surface area contributed by atoms with Crippen LogP contribution in [0.1, 0.15) is 11.5 Å². The zero-order valence-corrected chi connectivity index (χ0v) is 18.3. The summed E-state index contributed by atoms with van der Waals surface area (Å²) in [7, 11) is 1.59. The quantitative estimate of drug-likeness (QED) is 0.401. The molecule has 0 aliphatic heterocycles. The number of ether oxygens (including phenoxy) is 3. The highest BCUT2D eigenvalue weighted by atomic mass is 16.5. The second-order valence-electron chi connectivity index (χ2n) is 7.18. The van der Waals surface area contributed by atoms with E-state index < -0.39 is 0 Å². The molecule has 168 valence electrons. The van der Waals surface area contributed by atoms with Gasteiger partial charge in [0.25, 0.3) is 11.8 Å². The smallest absolute Gasteiger partial charge is 0.264 e. The van der Waals surface area contributed by atoms with Gasteiger partial charge in [-0.1, -0.05) is 29.4 Å². The Hall–Kier alpha value is -4.33. The van der Waals surface area contributed by atoms with E-state index in [-0.39, 0.29) is 19.1 Å². The van der Waals surface area contributed by atoms with Crippen LogP contribution in [0.5, 0.6) is 17.2 Å². The molecule has 1 aromatic heterocycles. The fourth-order valence-corrected chi connectivity index (χ4v) is 3.07. The maximum atomic E-state index is 12.3. The van der Waals surface area contributed by atoms with E-state index in [1.165, 1.54) is 0 Å². The van der Waals surface area contributed by atoms with Crippen molar-refractivity contribution in [1.29, 1.82) is 0 Å². The predicted molar refractivity (Wildman–Crippen MR) is 122 cm³/mol. The van der Waals surface area contributed by atoms with Crippen LogP contribution in [0, 0.1) is 6.92 Å². The number of aryl methyl sites for hydroxylation is 1. The van der Waals surface area contributed by atoms with Crippen molar-refractivity contribution in [3.05, 3.63) is 84.3 Å². The molecule has 0 aliphatic carbocycles. The van der Waals surface area contributed by atoms with Gasteiger partial charge in [0.2, 0.25) is 5.82 Å². The Balaban J connectivity index is 1.37. The summed E-state index contributed by atoms with van der Waals surface area (Å²) in [4.78, 5) is 16.7. The fourth-order valence-electron chi connectivity index (χ4n) is 3.07. The second kappa shape index (κ2) is 10.3. The lowest BCUT2D eigenvalue weighted by atomic mass is 10.2. The minimum atomic E-state index is -0.296. The van der Waals surface area contributed by atoms with Gasteiger partial charge in [0.15, 0.2) is 13.2 Å². The number of hydrogen-bond donors (Lipinski definition) is 1. The molecular weight excluding hydrogens is 422 g/mol. The molecule has 0 fully saturated rings. The van der Waals surface area contributed by atoms with Gasteiger partial charge in [0, 0.05) is 5.69 Å². The first-order chi connectivity index (χ1) is 16.1. The molecule has 1 N–H and O–H groups in total. The van der Waals surface area contributed by atoms with E-state index in [4.69, 9.17) is 18.7 Å². The SMILES string of the molecule is COc1ccc(NC(=O)COc2ccccc2-c2noc(COc3cccc(C)c3)n2)cc1. The third kappa shape index (κ3) is 5.88. The minimum absolute atomic E-state index is 0.143. The molecule has 8 heteroatoms. The molecule has 1 amide bonds. The minimum Gasteiger partial charge on any atom is -0.497 e. The lowest BCUT2D eigenvalue weighted by Gasteiger charge is -2.10. The van der Waals surface area contributed by atoms with Crippen LogP contribution in [-0.4, -0.2) is 29.8 Å². The van der Waals surface area contributed by atoms with Crippen molar-refractivity contribution in [3.63, 3.8) is 0 Å². The van der Waals surface area contributed by atoms with Crippen LogP contribution in [0.25, 0.3) is 11.4 Å². The predicted octanol–water partition coefficient (Wildman–Crippen LogP) is 4.65. The number of benzene rings is 3. The maximum absolute atomic E-state index is 12.3. The van der Waals surface area contributed by atoms with Gasteiger partial charge >= 0.3 is 0 Å². The third-order valence-electron chi connectivity index (χ3n) is 4.68. The van der Waals surface area contributed by atoms with E-state index >= 15 is 0 Å². The topological polar surface area (TPSA) is 95.7 Å². The molecule has 1 heterocycles. The number of methoxy groups -OCH3 is 1. The van der Waals surface area contributed by atoms with Gasteiger partial charge < -0.3 is 24.1 Å². The van der Waals surface area contributed by atoms with Crippen molar-refractivity contribution in [1.82, 2.24) is 10.1 Å². The van der Waals surface area contributed by atoms with Crippen LogP contribution >= 0.6 is 0 Å². The molecule has 0 unspecified atom stereocenters. The third-order valence-corrected chi connectivity index (χ3v) is 4.68. The van der Waals surface area contributed by atoms with Crippen molar-refractivity contribution in [2.45, 2.75) is 13.5 Å². The highest BCUT2D eigenvalue weighted by molar-refractivity contribution is 5.92. The first-order valence-corrected chi connectivity index (χ1v) is 10.3. The molecule has 0 spiro atoms. The molecule has 0 bridgehead atoms. The van der Waals surface area contributed by atoms with Gasteiger partial charge in [0.1, 0.15) is 17.2 Å². The van der Waals surface area contributed by atoms with Crippen molar-refractivity contribution >= 4 is 11.6 Å². The van der Waals surface area contributed by atoms with Crippen molar-refractivity contribution < 1.29 is 23.5 Å². The summed E-state index contributed by atoms with van der Waals surface area (Å²) >= 11 is 0. The summed E-state index contributed by atoms with van der Waals surface area (Å²) in [5, 5.41) is 6.81. The summed E-state index contributed by atoms with van der Waals surface area (Å²) < 4.78 is 21.9. The number of aromatic nitrogens is 2. The first kappa shape index (κ1) is 21.9. The molecule has 4 aromatic rings. The van der Waals surface area contributed by atoms with E-state index in [0.29, 0.717) is 34.5 Å². The molecule has 0 saturated carbocycles. The summed E-state index contributed by atoms with van der Waals surface area (Å²) in [6, 6.07) is 21.9. The summed E-state index contributed by atoms with van der Waals surface area (Å²) in [6.07, 6.45) is 0. The Labute approximate surface area is 191 Å². The van der Waals surface area contributed by atoms with Crippen LogP contribution in [0.3, 0.4) is 0 Å². The van der Waals surface area contributed by atoms with Gasteiger partial charge in [0.05, 0.1) is 12.7 Å². The normalized spacial score (nSPS) is 10.5. The van der Waals surface area contributed by atoms with Crippen LogP contribution in [-0.2, 0) is 11.4 Å². The van der Waals surface area contributed by atoms with Gasteiger partial charge in [-0.25, -0.2) is 0 Å². The number of carbonyl (C=O) groups is 1. The molecule has 3 aromatic carbocycles. The monoisotopic (exact) mass is 445 g/mol. The molecule has 0 aliphatic rings. The van der Waals surface area contributed by atoms with Crippen molar-refractivity contribution in [2.75, 3.05) is 19.0 Å². The number of amides is 1. The first-order valence-electron chi connectivity index (χ1n) is 10.3. The van der Waals surface area contributed by atoms with Crippen LogP contribution < -0.4 is 19.5 Å². The van der Waals surface area contributed by atoms with E-state index in [9.17, 15) is 4.79 Å². The number of nitrogens with zero attached hydrogens (tertiary/aromatic N) is 2. The number of para-hydroxylation sites is 1. The molecule has 0 radical (unpaired) electrons. The van der Waals surface area contributed by atoms with Gasteiger partial charge in [-0.05, 0) is 61.0 Å². The van der Waals surface area contributed by atoms with E-state index in [2.05, 4.69) is 15.5 Å². The number of anilines is 1. The van der Waals surface area contributed by atoms with Crippen LogP contribution in [0.2, 0.25) is 0 Å². The molecule has 0 atom stereocenters. The summed E-state index contributed by atoms with van der Waals surface area (Å²) in [5.41, 5.74) is 2.36. The zero-order valence-electron chi connectivity index (χ0n) is 18.3. The van der Waals surface area contributed by atoms with Crippen molar-refractivity contribution in [3.8, 4) is 28.6 Å². The van der Waals surface area contributed by atoms with Gasteiger partial charge in [-0.3, -0.25) is 4.79 Å². The molecule has 8 nitrogen and oxygen atoms in total. The second-order valence-corrected chi connectivity index (χ2v) is 7.18. The highest BCUT2D eigenvalue weighted by Gasteiger charge is 2.15. The lowest BCUT2D eigenvalue weighted by molar-refractivity contribution is -0.118. The average molecular weight is 445 g/mol. The Morgan fingerprint density at radius 2 is 1.79 bits per heavy atom. The maximum Gasteiger partial charge on any atom is 0.264 e. The average Bonchev–Trinajstić information content (AvgIpc) is 3.31. The Bertz CT molecular complexity index is 1220. The largest absolute Gasteiger partial charge is 0.497 e. The molecular formula is C25H23N3O5. The van der Waals surface area contributed by atoms with E-state index in [1.807, 2.05) is 43.3 Å². The summed E-state index contributed by atoms with van der Waals surface area (Å²) in [6.45, 7) is 1.96. The number of carbonyl (C=O) groups excluding carboxylic acids is 1. The van der Waals surface area contributed by atoms with Crippen molar-refractivity contribution in [2.24, 2.45) is 0 Å². The van der Waals surface area contributed by atoms with E-state index in [1.54, 1.807) is 43.5 Å². The summed E-state index contributed by atoms with van der Waals surface area (Å²) in [5.74, 6) is 2.29. The number of hydrogen-bond acceptors (Lipinski definition) is 7. The van der Waals surface area contributed by atoms with Gasteiger partial charge in [-0.15, -0.1) is 0 Å². The Morgan fingerprint density at radius 3 is 2.58 bits per heavy atom. The Kier molecular flexibility index (Phi) is 6.84. The Morgan fingerprint density at radius 1 is 0.970 bits per heavy atom. The van der Waals surface area contributed by atoms with Crippen LogP contribution in [0.4, 0.5) is 5.69 Å². The van der Waals surface area contributed by atoms with Gasteiger partial charge in [-0.2, -0.15) is 4.98 Å². The lowest BCUT2D eigenvalue weighted by Crippen LogP contribution is -2.20. The zero-order chi connectivity index (χ0) is 23.0. The number of nitrogens with one attached hydrogen (secondary N) is 1. The number of rotatable bonds is 9. The molecule has 4 rings (SSSR count). The molecule has 33 heavy (non-hydrogen) atoms. The highest BCUT2D eigenvalue weighted by Crippen LogP contribution is 2.28. The molecule has 0 saturated heterocycles.